The standard InChI is InChI=1S/C33H52O6/c1-20(35)39-23-18-29(4)24(30(5,19-34)26(23)36)11-12-32(7)25(29)10-9-21-22-17-28(2,3)13-15-33(22,27(37)38-8)16-14-31(21,32)6/h9,22-26,34,36H,10-19H2,1-8H3. The molecule has 0 saturated heterocycles. The van der Waals surface area contributed by atoms with Gasteiger partial charge in [-0.1, -0.05) is 53.2 Å². The molecule has 10 unspecified atom stereocenters. The van der Waals surface area contributed by atoms with Crippen LogP contribution in [0.4, 0.5) is 0 Å². The predicted octanol–water partition coefficient (Wildman–Crippen LogP) is 5.84. The summed E-state index contributed by atoms with van der Waals surface area (Å²) >= 11 is 0. The summed E-state index contributed by atoms with van der Waals surface area (Å²) in [6.45, 7) is 15.2. The van der Waals surface area contributed by atoms with Gasteiger partial charge in [0.15, 0.2) is 0 Å². The van der Waals surface area contributed by atoms with E-state index in [1.165, 1.54) is 12.5 Å². The molecular weight excluding hydrogens is 492 g/mol. The highest BCUT2D eigenvalue weighted by Gasteiger charge is 2.71. The molecule has 0 aromatic rings. The number of aliphatic hydroxyl groups excluding tert-OH is 2. The van der Waals surface area contributed by atoms with Crippen molar-refractivity contribution in [3.05, 3.63) is 11.6 Å². The molecule has 5 rings (SSSR count). The first-order valence-electron chi connectivity index (χ1n) is 15.3. The van der Waals surface area contributed by atoms with Crippen molar-refractivity contribution in [2.24, 2.45) is 50.2 Å². The number of rotatable bonds is 3. The van der Waals surface area contributed by atoms with Crippen LogP contribution in [-0.4, -0.2) is 48.1 Å². The van der Waals surface area contributed by atoms with Crippen LogP contribution >= 0.6 is 0 Å². The largest absolute Gasteiger partial charge is 0.469 e. The maximum Gasteiger partial charge on any atom is 0.312 e. The lowest BCUT2D eigenvalue weighted by atomic mass is 9.33. The Hall–Kier alpha value is -1.40. The highest BCUT2D eigenvalue weighted by atomic mass is 16.6. The van der Waals surface area contributed by atoms with Gasteiger partial charge in [0.05, 0.1) is 25.2 Å². The number of hydrogen-bond donors (Lipinski definition) is 2. The minimum Gasteiger partial charge on any atom is -0.469 e. The van der Waals surface area contributed by atoms with E-state index < -0.39 is 23.0 Å². The minimum atomic E-state index is -0.890. The van der Waals surface area contributed by atoms with Crippen molar-refractivity contribution in [3.63, 3.8) is 0 Å². The highest BCUT2D eigenvalue weighted by Crippen LogP contribution is 2.76. The number of fused-ring (bicyclic) bond motifs is 7. The van der Waals surface area contributed by atoms with E-state index in [0.717, 1.165) is 51.4 Å². The van der Waals surface area contributed by atoms with E-state index in [1.807, 2.05) is 6.92 Å². The summed E-state index contributed by atoms with van der Waals surface area (Å²) in [6.07, 6.45) is 9.20. The summed E-state index contributed by atoms with van der Waals surface area (Å²) in [5.41, 5.74) is 0.225. The van der Waals surface area contributed by atoms with Crippen LogP contribution in [-0.2, 0) is 19.1 Å². The van der Waals surface area contributed by atoms with E-state index in [9.17, 15) is 19.8 Å². The number of ether oxygens (including phenoxy) is 2. The van der Waals surface area contributed by atoms with Gasteiger partial charge in [-0.2, -0.15) is 0 Å². The molecule has 6 heteroatoms. The van der Waals surface area contributed by atoms with Crippen molar-refractivity contribution >= 4 is 11.9 Å². The summed E-state index contributed by atoms with van der Waals surface area (Å²) in [7, 11) is 1.55. The molecule has 0 aromatic heterocycles. The molecule has 0 spiro atoms. The molecule has 0 aromatic carbocycles. The Bertz CT molecular complexity index is 1060. The van der Waals surface area contributed by atoms with Gasteiger partial charge < -0.3 is 19.7 Å². The van der Waals surface area contributed by atoms with Gasteiger partial charge >= 0.3 is 11.9 Å². The molecule has 0 bridgehead atoms. The first-order chi connectivity index (χ1) is 18.0. The highest BCUT2D eigenvalue weighted by molar-refractivity contribution is 5.78. The monoisotopic (exact) mass is 544 g/mol. The fourth-order valence-electron chi connectivity index (χ4n) is 11.2. The zero-order valence-electron chi connectivity index (χ0n) is 25.6. The maximum atomic E-state index is 13.4. The molecule has 10 atom stereocenters. The van der Waals surface area contributed by atoms with Gasteiger partial charge in [0.2, 0.25) is 0 Å². The summed E-state index contributed by atoms with van der Waals surface area (Å²) in [6, 6.07) is 0. The number of carbonyl (C=O) groups excluding carboxylic acids is 2. The summed E-state index contributed by atoms with van der Waals surface area (Å²) in [4.78, 5) is 25.5. The molecule has 220 valence electrons. The van der Waals surface area contributed by atoms with Crippen molar-refractivity contribution < 1.29 is 29.3 Å². The number of carbonyl (C=O) groups is 2. The van der Waals surface area contributed by atoms with Crippen LogP contribution < -0.4 is 0 Å². The van der Waals surface area contributed by atoms with Crippen LogP contribution in [0.15, 0.2) is 11.6 Å². The molecule has 0 radical (unpaired) electrons. The van der Waals surface area contributed by atoms with Gasteiger partial charge in [0.25, 0.3) is 0 Å². The second-order valence-electron chi connectivity index (χ2n) is 15.8. The number of allylic oxidation sites excluding steroid dienone is 2. The summed E-state index contributed by atoms with van der Waals surface area (Å²) < 4.78 is 11.2. The van der Waals surface area contributed by atoms with Crippen LogP contribution in [0, 0.1) is 50.2 Å². The minimum absolute atomic E-state index is 0.00830. The normalized spacial score (nSPS) is 50.3. The van der Waals surface area contributed by atoms with Crippen molar-refractivity contribution in [1.82, 2.24) is 0 Å². The van der Waals surface area contributed by atoms with Gasteiger partial charge in [0.1, 0.15) is 6.10 Å². The summed E-state index contributed by atoms with van der Waals surface area (Å²) in [5.74, 6) is 0.221. The Morgan fingerprint density at radius 2 is 1.64 bits per heavy atom. The second-order valence-corrected chi connectivity index (χ2v) is 15.8. The molecule has 0 aliphatic heterocycles. The summed E-state index contributed by atoms with van der Waals surface area (Å²) in [5, 5.41) is 22.0. The van der Waals surface area contributed by atoms with E-state index in [1.54, 1.807) is 7.11 Å². The molecule has 39 heavy (non-hydrogen) atoms. The quantitative estimate of drug-likeness (QED) is 0.343. The molecule has 2 N–H and O–H groups in total. The Balaban J connectivity index is 1.60. The van der Waals surface area contributed by atoms with Crippen molar-refractivity contribution in [1.29, 1.82) is 0 Å². The molecule has 5 aliphatic rings. The zero-order valence-corrected chi connectivity index (χ0v) is 25.6. The third-order valence-electron chi connectivity index (χ3n) is 13.6. The Morgan fingerprint density at radius 3 is 2.26 bits per heavy atom. The first kappa shape index (κ1) is 29.1. The average molecular weight is 545 g/mol. The van der Waals surface area contributed by atoms with E-state index >= 15 is 0 Å². The smallest absolute Gasteiger partial charge is 0.312 e. The van der Waals surface area contributed by atoms with Crippen molar-refractivity contribution in [2.75, 3.05) is 13.7 Å². The lowest BCUT2D eigenvalue weighted by molar-refractivity contribution is -0.248. The maximum absolute atomic E-state index is 13.4. The first-order valence-corrected chi connectivity index (χ1v) is 15.3. The van der Waals surface area contributed by atoms with Gasteiger partial charge in [-0.25, -0.2) is 0 Å². The van der Waals surface area contributed by atoms with E-state index in [0.29, 0.717) is 12.3 Å². The van der Waals surface area contributed by atoms with Crippen molar-refractivity contribution in [2.45, 2.75) is 118 Å². The van der Waals surface area contributed by atoms with Crippen LogP contribution in [0.1, 0.15) is 106 Å². The SMILES string of the molecule is COC(=O)C12CCC(C)(C)CC1C1=CCC3C4(C)CC(OC(C)=O)C(O)C(C)(CO)C4CCC3(C)C1(C)CC2. The van der Waals surface area contributed by atoms with E-state index in [4.69, 9.17) is 9.47 Å². The molecule has 0 amide bonds. The fourth-order valence-corrected chi connectivity index (χ4v) is 11.2. The molecule has 6 nitrogen and oxygen atoms in total. The lowest BCUT2D eigenvalue weighted by Crippen LogP contribution is -2.68. The number of methoxy groups -OCH3 is 1. The predicted molar refractivity (Wildman–Crippen MR) is 149 cm³/mol. The van der Waals surface area contributed by atoms with E-state index in [2.05, 4.69) is 40.7 Å². The molecular formula is C33H52O6. The van der Waals surface area contributed by atoms with Gasteiger partial charge in [-0.05, 0) is 97.2 Å². The van der Waals surface area contributed by atoms with Crippen molar-refractivity contribution in [3.8, 4) is 0 Å². The van der Waals surface area contributed by atoms with Crippen LogP contribution in [0.2, 0.25) is 0 Å². The Morgan fingerprint density at radius 1 is 0.974 bits per heavy atom. The topological polar surface area (TPSA) is 93.1 Å². The van der Waals surface area contributed by atoms with Crippen LogP contribution in [0.5, 0.6) is 0 Å². The van der Waals surface area contributed by atoms with Gasteiger partial charge in [-0.15, -0.1) is 0 Å². The van der Waals surface area contributed by atoms with E-state index in [-0.39, 0.29) is 52.0 Å². The third-order valence-corrected chi connectivity index (χ3v) is 13.6. The Kier molecular flexibility index (Phi) is 6.75. The number of hydrogen-bond acceptors (Lipinski definition) is 6. The van der Waals surface area contributed by atoms with Gasteiger partial charge in [-0.3, -0.25) is 9.59 Å². The average Bonchev–Trinajstić information content (AvgIpc) is 2.86. The zero-order chi connectivity index (χ0) is 28.8. The third kappa shape index (κ3) is 3.78. The van der Waals surface area contributed by atoms with Crippen LogP contribution in [0.3, 0.4) is 0 Å². The lowest BCUT2D eigenvalue weighted by Gasteiger charge is -2.71. The molecule has 4 fully saturated rings. The number of esters is 2. The second kappa shape index (κ2) is 9.05. The fraction of sp³-hybridized carbons (Fsp3) is 0.879. The Labute approximate surface area is 235 Å². The molecule has 0 heterocycles. The van der Waals surface area contributed by atoms with Crippen LogP contribution in [0.25, 0.3) is 0 Å². The number of aliphatic hydroxyl groups is 2. The molecule has 5 aliphatic carbocycles. The van der Waals surface area contributed by atoms with Gasteiger partial charge in [0, 0.05) is 12.3 Å². The molecule has 4 saturated carbocycles.